The van der Waals surface area contributed by atoms with E-state index in [4.69, 9.17) is 10.2 Å². The summed E-state index contributed by atoms with van der Waals surface area (Å²) in [5, 5.41) is 17.5. The van der Waals surface area contributed by atoms with Crippen molar-refractivity contribution in [2.75, 3.05) is 0 Å². The van der Waals surface area contributed by atoms with Crippen LogP contribution in [0.1, 0.15) is 20.3 Å². The molecule has 0 bridgehead atoms. The van der Waals surface area contributed by atoms with E-state index in [1.54, 1.807) is 19.9 Å². The van der Waals surface area contributed by atoms with Gasteiger partial charge in [-0.25, -0.2) is 9.59 Å². The maximum atomic E-state index is 10.7. The van der Waals surface area contributed by atoms with Gasteiger partial charge in [0.1, 0.15) is 0 Å². The second-order valence-electron chi connectivity index (χ2n) is 2.78. The summed E-state index contributed by atoms with van der Waals surface area (Å²) in [6.07, 6.45) is 6.06. The van der Waals surface area contributed by atoms with Crippen molar-refractivity contribution in [3.05, 3.63) is 35.5 Å². The average molecular weight is 210 g/mol. The van der Waals surface area contributed by atoms with Crippen LogP contribution in [0.15, 0.2) is 35.5 Å². The fraction of sp³-hybridized carbons (Fsp3) is 0.273. The molecule has 0 fully saturated rings. The molecule has 0 saturated carbocycles. The van der Waals surface area contributed by atoms with Gasteiger partial charge in [-0.3, -0.25) is 0 Å². The molecule has 0 spiro atoms. The molecule has 0 rings (SSSR count). The lowest BCUT2D eigenvalue weighted by atomic mass is 10.1. The van der Waals surface area contributed by atoms with Crippen molar-refractivity contribution in [1.82, 2.24) is 0 Å². The Morgan fingerprint density at radius 3 is 2.00 bits per heavy atom. The average Bonchev–Trinajstić information content (AvgIpc) is 2.15. The van der Waals surface area contributed by atoms with E-state index in [0.29, 0.717) is 6.42 Å². The van der Waals surface area contributed by atoms with Gasteiger partial charge in [-0.05, 0) is 19.4 Å². The third-order valence-corrected chi connectivity index (χ3v) is 1.58. The number of allylic oxidation sites excluding steroid dienone is 2. The molecule has 0 aliphatic rings. The minimum atomic E-state index is -1.14. The van der Waals surface area contributed by atoms with Gasteiger partial charge < -0.3 is 10.2 Å². The zero-order valence-electron chi connectivity index (χ0n) is 8.73. The molecule has 4 nitrogen and oxygen atoms in total. The number of carbonyl (C=O) groups is 2. The molecule has 82 valence electrons. The van der Waals surface area contributed by atoms with Crippen molar-refractivity contribution in [1.29, 1.82) is 0 Å². The Kier molecular flexibility index (Phi) is 5.78. The summed E-state index contributed by atoms with van der Waals surface area (Å²) in [5.74, 6) is -2.27. The van der Waals surface area contributed by atoms with Gasteiger partial charge >= 0.3 is 11.9 Å². The fourth-order valence-electron chi connectivity index (χ4n) is 0.956. The number of carboxylic acid groups (broad SMARTS) is 2. The van der Waals surface area contributed by atoms with E-state index in [9.17, 15) is 9.59 Å². The van der Waals surface area contributed by atoms with Crippen LogP contribution in [0, 0.1) is 0 Å². The Hall–Kier alpha value is -1.84. The van der Waals surface area contributed by atoms with Crippen molar-refractivity contribution in [3.8, 4) is 0 Å². The largest absolute Gasteiger partial charge is 0.478 e. The van der Waals surface area contributed by atoms with Crippen LogP contribution in [-0.4, -0.2) is 22.2 Å². The lowest BCUT2D eigenvalue weighted by Crippen LogP contribution is -2.03. The summed E-state index contributed by atoms with van der Waals surface area (Å²) >= 11 is 0. The van der Waals surface area contributed by atoms with Gasteiger partial charge in [0.15, 0.2) is 0 Å². The van der Waals surface area contributed by atoms with Crippen molar-refractivity contribution in [2.24, 2.45) is 0 Å². The second kappa shape index (κ2) is 6.59. The molecule has 0 radical (unpaired) electrons. The van der Waals surface area contributed by atoms with Crippen LogP contribution in [-0.2, 0) is 9.59 Å². The van der Waals surface area contributed by atoms with Crippen LogP contribution in [0.5, 0.6) is 0 Å². The molecule has 0 aliphatic carbocycles. The molecule has 0 unspecified atom stereocenters. The van der Waals surface area contributed by atoms with Crippen molar-refractivity contribution in [3.63, 3.8) is 0 Å². The topological polar surface area (TPSA) is 74.6 Å². The molecule has 4 heteroatoms. The molecule has 0 aromatic heterocycles. The lowest BCUT2D eigenvalue weighted by Gasteiger charge is -1.97. The first-order valence-corrected chi connectivity index (χ1v) is 4.54. The molecule has 15 heavy (non-hydrogen) atoms. The number of carboxylic acids is 2. The van der Waals surface area contributed by atoms with E-state index in [-0.39, 0.29) is 11.1 Å². The maximum absolute atomic E-state index is 10.7. The molecule has 0 aromatic rings. The highest BCUT2D eigenvalue weighted by Gasteiger charge is 2.08. The van der Waals surface area contributed by atoms with Gasteiger partial charge in [0, 0.05) is 0 Å². The maximum Gasteiger partial charge on any atom is 0.335 e. The summed E-state index contributed by atoms with van der Waals surface area (Å²) in [7, 11) is 0. The number of rotatable bonds is 5. The Labute approximate surface area is 88.2 Å². The normalized spacial score (nSPS) is 13.2. The molecule has 0 amide bonds. The minimum Gasteiger partial charge on any atom is -0.478 e. The van der Waals surface area contributed by atoms with E-state index < -0.39 is 11.9 Å². The van der Waals surface area contributed by atoms with E-state index in [1.165, 1.54) is 12.2 Å². The van der Waals surface area contributed by atoms with Crippen LogP contribution in [0.25, 0.3) is 0 Å². The smallest absolute Gasteiger partial charge is 0.335 e. The van der Waals surface area contributed by atoms with E-state index in [2.05, 4.69) is 0 Å². The first-order chi connectivity index (χ1) is 7.02. The van der Waals surface area contributed by atoms with Gasteiger partial charge in [0.2, 0.25) is 0 Å². The van der Waals surface area contributed by atoms with Gasteiger partial charge in [-0.2, -0.15) is 0 Å². The fourth-order valence-corrected chi connectivity index (χ4v) is 0.956. The number of hydrogen-bond donors (Lipinski definition) is 2. The third kappa shape index (κ3) is 4.81. The zero-order valence-corrected chi connectivity index (χ0v) is 8.73. The minimum absolute atomic E-state index is 0.00648. The van der Waals surface area contributed by atoms with Crippen molar-refractivity contribution in [2.45, 2.75) is 20.3 Å². The summed E-state index contributed by atoms with van der Waals surface area (Å²) in [6.45, 7) is 3.45. The highest BCUT2D eigenvalue weighted by atomic mass is 16.4. The van der Waals surface area contributed by atoms with E-state index in [1.807, 2.05) is 0 Å². The molecular weight excluding hydrogens is 196 g/mol. The Bertz CT molecular complexity index is 334. The quantitative estimate of drug-likeness (QED) is 0.537. The lowest BCUT2D eigenvalue weighted by molar-refractivity contribution is -0.132. The number of hydrogen-bond acceptors (Lipinski definition) is 2. The first-order valence-electron chi connectivity index (χ1n) is 4.54. The molecule has 0 heterocycles. The molecule has 2 N–H and O–H groups in total. The van der Waals surface area contributed by atoms with Gasteiger partial charge in [0.05, 0.1) is 11.1 Å². The highest BCUT2D eigenvalue weighted by molar-refractivity contribution is 5.96. The Morgan fingerprint density at radius 2 is 1.67 bits per heavy atom. The van der Waals surface area contributed by atoms with E-state index >= 15 is 0 Å². The number of aliphatic carboxylic acids is 2. The third-order valence-electron chi connectivity index (χ3n) is 1.58. The van der Waals surface area contributed by atoms with Gasteiger partial charge in [-0.15, -0.1) is 0 Å². The molecular formula is C11H14O4. The van der Waals surface area contributed by atoms with Crippen LogP contribution in [0.4, 0.5) is 0 Å². The summed E-state index contributed by atoms with van der Waals surface area (Å²) in [4.78, 5) is 21.4. The Balaban J connectivity index is 5.17. The van der Waals surface area contributed by atoms with Crippen LogP contribution >= 0.6 is 0 Å². The summed E-state index contributed by atoms with van der Waals surface area (Å²) in [6, 6.07) is 0. The molecule has 0 saturated heterocycles. The summed E-state index contributed by atoms with van der Waals surface area (Å²) < 4.78 is 0. The SMILES string of the molecule is C\C=C/C(=C\C(=C\CC)C(=O)O)C(=O)O. The molecule has 0 aromatic carbocycles. The highest BCUT2D eigenvalue weighted by Crippen LogP contribution is 2.06. The summed E-state index contributed by atoms with van der Waals surface area (Å²) in [5.41, 5.74) is -0.0485. The van der Waals surface area contributed by atoms with Crippen LogP contribution < -0.4 is 0 Å². The van der Waals surface area contributed by atoms with Crippen molar-refractivity contribution >= 4 is 11.9 Å². The Morgan fingerprint density at radius 1 is 1.13 bits per heavy atom. The standard InChI is InChI=1S/C11H14O4/c1-3-5-8(10(12)13)7-9(6-4-2)11(14)15/h3,5-7H,4H2,1-2H3,(H,12,13)(H,14,15)/b5-3-,8-7+,9-6-. The molecule has 0 atom stereocenters. The predicted molar refractivity (Wildman–Crippen MR) is 56.5 cm³/mol. The first kappa shape index (κ1) is 13.2. The molecule has 0 aliphatic heterocycles. The van der Waals surface area contributed by atoms with E-state index in [0.717, 1.165) is 6.08 Å². The van der Waals surface area contributed by atoms with Crippen LogP contribution in [0.3, 0.4) is 0 Å². The van der Waals surface area contributed by atoms with Gasteiger partial charge in [0.25, 0.3) is 0 Å². The van der Waals surface area contributed by atoms with Gasteiger partial charge in [-0.1, -0.05) is 25.2 Å². The second-order valence-corrected chi connectivity index (χ2v) is 2.78. The monoisotopic (exact) mass is 210 g/mol. The predicted octanol–water partition coefficient (Wildman–Crippen LogP) is 1.99. The zero-order chi connectivity index (χ0) is 11.8. The van der Waals surface area contributed by atoms with Crippen molar-refractivity contribution < 1.29 is 19.8 Å². The van der Waals surface area contributed by atoms with Crippen LogP contribution in [0.2, 0.25) is 0 Å².